The van der Waals surface area contributed by atoms with Gasteiger partial charge in [0.25, 0.3) is 0 Å². The molecule has 0 fully saturated rings. The highest BCUT2D eigenvalue weighted by Gasteiger charge is 2.24. The molecular formula is C19H19N3O2S2. The monoisotopic (exact) mass is 385 g/mol. The second-order valence-corrected chi connectivity index (χ2v) is 8.62. The maximum atomic E-state index is 9.65. The van der Waals surface area contributed by atoms with Crippen molar-refractivity contribution in [2.45, 2.75) is 26.2 Å². The summed E-state index contributed by atoms with van der Waals surface area (Å²) in [5.41, 5.74) is 2.86. The third-order valence-electron chi connectivity index (χ3n) is 4.74. The Morgan fingerprint density at radius 1 is 1.23 bits per heavy atom. The van der Waals surface area contributed by atoms with Crippen molar-refractivity contribution in [2.75, 3.05) is 19.5 Å². The molecule has 7 heteroatoms. The van der Waals surface area contributed by atoms with Crippen molar-refractivity contribution in [2.24, 2.45) is 5.92 Å². The first-order chi connectivity index (χ1) is 12.6. The minimum atomic E-state index is 0.662. The first kappa shape index (κ1) is 17.1. The maximum Gasteiger partial charge on any atom is 0.188 e. The number of aromatic nitrogens is 1. The standard InChI is InChI=1S/C19H19N3O2S2/c1-10-4-5-11-12(9-20)18(25-16(11)6-10)22-19-21-13-7-14(23-2)15(24-3)8-17(13)26-19/h7-8,10H,4-6H2,1-3H3,(H,21,22)/t10-/m0/s1. The van der Waals surface area contributed by atoms with Crippen LogP contribution in [-0.4, -0.2) is 19.2 Å². The van der Waals surface area contributed by atoms with E-state index in [2.05, 4.69) is 23.3 Å². The Morgan fingerprint density at radius 2 is 2.00 bits per heavy atom. The van der Waals surface area contributed by atoms with E-state index >= 15 is 0 Å². The number of anilines is 2. The predicted molar refractivity (Wildman–Crippen MR) is 106 cm³/mol. The molecule has 2 aromatic heterocycles. The molecule has 0 saturated heterocycles. The minimum Gasteiger partial charge on any atom is -0.493 e. The summed E-state index contributed by atoms with van der Waals surface area (Å²) in [6.07, 6.45) is 3.20. The molecule has 0 aliphatic heterocycles. The fourth-order valence-electron chi connectivity index (χ4n) is 3.36. The Kier molecular flexibility index (Phi) is 4.47. The zero-order valence-electron chi connectivity index (χ0n) is 14.9. The van der Waals surface area contributed by atoms with E-state index in [-0.39, 0.29) is 0 Å². The Labute approximate surface area is 160 Å². The molecule has 0 saturated carbocycles. The lowest BCUT2D eigenvalue weighted by Gasteiger charge is -2.17. The van der Waals surface area contributed by atoms with Gasteiger partial charge in [0.1, 0.15) is 11.1 Å². The van der Waals surface area contributed by atoms with Gasteiger partial charge in [-0.15, -0.1) is 11.3 Å². The zero-order chi connectivity index (χ0) is 18.3. The molecule has 26 heavy (non-hydrogen) atoms. The second-order valence-electron chi connectivity index (χ2n) is 6.49. The third-order valence-corrected chi connectivity index (χ3v) is 6.84. The minimum absolute atomic E-state index is 0.662. The van der Waals surface area contributed by atoms with Crippen molar-refractivity contribution < 1.29 is 9.47 Å². The van der Waals surface area contributed by atoms with Gasteiger partial charge in [-0.3, -0.25) is 0 Å². The van der Waals surface area contributed by atoms with E-state index in [4.69, 9.17) is 9.47 Å². The highest BCUT2D eigenvalue weighted by atomic mass is 32.1. The number of hydrogen-bond donors (Lipinski definition) is 1. The van der Waals surface area contributed by atoms with Crippen molar-refractivity contribution in [3.63, 3.8) is 0 Å². The topological polar surface area (TPSA) is 67.2 Å². The van der Waals surface area contributed by atoms with Crippen LogP contribution in [0.4, 0.5) is 10.1 Å². The third kappa shape index (κ3) is 2.89. The van der Waals surface area contributed by atoms with Crippen LogP contribution in [0.5, 0.6) is 11.5 Å². The Bertz CT molecular complexity index is 975. The van der Waals surface area contributed by atoms with E-state index in [0.29, 0.717) is 17.4 Å². The first-order valence-electron chi connectivity index (χ1n) is 8.47. The lowest BCUT2D eigenvalue weighted by molar-refractivity contribution is 0.356. The molecule has 3 aromatic rings. The van der Waals surface area contributed by atoms with Crippen LogP contribution in [-0.2, 0) is 12.8 Å². The Morgan fingerprint density at radius 3 is 2.73 bits per heavy atom. The Balaban J connectivity index is 1.71. The van der Waals surface area contributed by atoms with Gasteiger partial charge >= 0.3 is 0 Å². The van der Waals surface area contributed by atoms with Crippen LogP contribution < -0.4 is 14.8 Å². The van der Waals surface area contributed by atoms with E-state index in [1.165, 1.54) is 10.4 Å². The molecule has 1 atom stereocenters. The summed E-state index contributed by atoms with van der Waals surface area (Å²) in [4.78, 5) is 6.00. The Hall–Kier alpha value is -2.30. The van der Waals surface area contributed by atoms with Crippen LogP contribution >= 0.6 is 22.7 Å². The van der Waals surface area contributed by atoms with E-state index in [1.54, 1.807) is 36.9 Å². The fraction of sp³-hybridized carbons (Fsp3) is 0.368. The number of thiazole rings is 1. The van der Waals surface area contributed by atoms with Crippen LogP contribution in [0.25, 0.3) is 10.2 Å². The summed E-state index contributed by atoms with van der Waals surface area (Å²) >= 11 is 3.24. The second kappa shape index (κ2) is 6.78. The summed E-state index contributed by atoms with van der Waals surface area (Å²) < 4.78 is 11.7. The largest absolute Gasteiger partial charge is 0.493 e. The SMILES string of the molecule is COc1cc2nc(Nc3sc4c(c3C#N)CC[C@H](C)C4)sc2cc1OC. The van der Waals surface area contributed by atoms with Crippen LogP contribution in [0, 0.1) is 17.2 Å². The summed E-state index contributed by atoms with van der Waals surface area (Å²) in [6.45, 7) is 2.27. The van der Waals surface area contributed by atoms with Crippen LogP contribution in [0.1, 0.15) is 29.3 Å². The van der Waals surface area contributed by atoms with Crippen molar-refractivity contribution in [1.82, 2.24) is 4.98 Å². The zero-order valence-corrected chi connectivity index (χ0v) is 16.5. The highest BCUT2D eigenvalue weighted by molar-refractivity contribution is 7.23. The average molecular weight is 386 g/mol. The van der Waals surface area contributed by atoms with Gasteiger partial charge in [-0.05, 0) is 30.7 Å². The molecule has 1 N–H and O–H groups in total. The molecule has 4 rings (SSSR count). The quantitative estimate of drug-likeness (QED) is 0.675. The van der Waals surface area contributed by atoms with Gasteiger partial charge < -0.3 is 14.8 Å². The van der Waals surface area contributed by atoms with Gasteiger partial charge in [0.15, 0.2) is 16.6 Å². The van der Waals surface area contributed by atoms with Crippen molar-refractivity contribution >= 4 is 43.0 Å². The van der Waals surface area contributed by atoms with E-state index in [9.17, 15) is 5.26 Å². The molecule has 0 bridgehead atoms. The van der Waals surface area contributed by atoms with E-state index in [1.807, 2.05) is 12.1 Å². The van der Waals surface area contributed by atoms with E-state index in [0.717, 1.165) is 45.2 Å². The number of rotatable bonds is 4. The van der Waals surface area contributed by atoms with Gasteiger partial charge in [-0.1, -0.05) is 18.3 Å². The van der Waals surface area contributed by atoms with Crippen molar-refractivity contribution in [3.05, 3.63) is 28.1 Å². The van der Waals surface area contributed by atoms with Crippen molar-refractivity contribution in [3.8, 4) is 17.6 Å². The number of benzene rings is 1. The number of thiophene rings is 1. The predicted octanol–water partition coefficient (Wildman–Crippen LogP) is 5.12. The number of nitriles is 1. The molecule has 0 unspecified atom stereocenters. The molecular weight excluding hydrogens is 366 g/mol. The fourth-order valence-corrected chi connectivity index (χ4v) is 5.67. The molecule has 134 valence electrons. The molecule has 0 radical (unpaired) electrons. The molecule has 0 amide bonds. The number of fused-ring (bicyclic) bond motifs is 2. The molecule has 1 aliphatic rings. The molecule has 1 aromatic carbocycles. The number of hydrogen-bond acceptors (Lipinski definition) is 7. The van der Waals surface area contributed by atoms with Gasteiger partial charge in [-0.25, -0.2) is 4.98 Å². The smallest absolute Gasteiger partial charge is 0.188 e. The number of nitrogens with one attached hydrogen (secondary N) is 1. The number of methoxy groups -OCH3 is 2. The number of ether oxygens (including phenoxy) is 2. The summed E-state index contributed by atoms with van der Waals surface area (Å²) in [5.74, 6) is 2.03. The van der Waals surface area contributed by atoms with Gasteiger partial charge in [0.05, 0.1) is 30.0 Å². The van der Waals surface area contributed by atoms with Gasteiger partial charge in [0, 0.05) is 17.0 Å². The summed E-state index contributed by atoms with van der Waals surface area (Å²) in [5, 5.41) is 14.7. The normalized spacial score (nSPS) is 16.2. The molecule has 1 aliphatic carbocycles. The average Bonchev–Trinajstić information content (AvgIpc) is 3.19. The lowest BCUT2D eigenvalue weighted by Crippen LogP contribution is -2.09. The maximum absolute atomic E-state index is 9.65. The number of nitrogens with zero attached hydrogens (tertiary/aromatic N) is 2. The van der Waals surface area contributed by atoms with Crippen molar-refractivity contribution in [1.29, 1.82) is 5.26 Å². The molecule has 0 spiro atoms. The molecule has 5 nitrogen and oxygen atoms in total. The van der Waals surface area contributed by atoms with Crippen LogP contribution in [0.2, 0.25) is 0 Å². The van der Waals surface area contributed by atoms with E-state index < -0.39 is 0 Å². The van der Waals surface area contributed by atoms with Crippen LogP contribution in [0.3, 0.4) is 0 Å². The lowest BCUT2D eigenvalue weighted by atomic mass is 9.89. The van der Waals surface area contributed by atoms with Gasteiger partial charge in [0.2, 0.25) is 0 Å². The highest BCUT2D eigenvalue weighted by Crippen LogP contribution is 2.42. The first-order valence-corrected chi connectivity index (χ1v) is 10.1. The van der Waals surface area contributed by atoms with Gasteiger partial charge in [-0.2, -0.15) is 5.26 Å². The summed E-state index contributed by atoms with van der Waals surface area (Å²) in [7, 11) is 3.24. The molecule has 2 heterocycles. The summed E-state index contributed by atoms with van der Waals surface area (Å²) in [6, 6.07) is 6.20. The van der Waals surface area contributed by atoms with Crippen LogP contribution in [0.15, 0.2) is 12.1 Å².